The van der Waals surface area contributed by atoms with E-state index in [0.29, 0.717) is 35.6 Å². The van der Waals surface area contributed by atoms with Gasteiger partial charge in [-0.25, -0.2) is 0 Å². The van der Waals surface area contributed by atoms with Crippen molar-refractivity contribution < 1.29 is 61.2 Å². The van der Waals surface area contributed by atoms with Crippen LogP contribution in [0.4, 0.5) is 22.7 Å². The first-order valence-electron chi connectivity index (χ1n) is 15.8. The third-order valence-electron chi connectivity index (χ3n) is 8.21. The van der Waals surface area contributed by atoms with Crippen LogP contribution in [0.2, 0.25) is 0 Å². The Kier molecular flexibility index (Phi) is 11.8. The second-order valence-corrected chi connectivity index (χ2v) is 23.1. The molecule has 7 N–H and O–H groups in total. The van der Waals surface area contributed by atoms with Crippen LogP contribution < -0.4 is 9.92 Å². The number of fused-ring (bicyclic) bond motifs is 2. The standard InChI is InChI=1S/C32H26N5O14S5.Tl/c1-4-5-17(3)34-37-30-27(55(45,46)47)14-22-26(54(42,43)44)15-24(29(33)28(22)31(30)38)36-35-23-11-10-20-21(32(23)56(48,49)50)12-19(53(39,40)41)13-25(20)51-52-18-8-6-16(2)7-9-18;/h1,3,6-15,38H,4-5,33H2,2H3,(H,39,40,41)(H,42,43,44)(H,45,46,47)(H,48,49,50);. The fraction of sp³-hybridized carbons (Fsp3) is 0.0938. The van der Waals surface area contributed by atoms with Crippen molar-refractivity contribution in [2.24, 2.45) is 20.5 Å². The van der Waals surface area contributed by atoms with Crippen LogP contribution >= 0.6 is 12.0 Å². The van der Waals surface area contributed by atoms with Crippen molar-refractivity contribution >= 4 is 124 Å². The van der Waals surface area contributed by atoms with Crippen molar-refractivity contribution in [2.45, 2.75) is 44.2 Å². The number of allylic oxidation sites excluding steroid dienone is 1. The molecular weight excluding hydrogens is 1040 g/mol. The van der Waals surface area contributed by atoms with E-state index in [9.17, 15) is 57.0 Å². The Morgan fingerprint density at radius 1 is 0.719 bits per heavy atom. The van der Waals surface area contributed by atoms with Gasteiger partial charge in [0, 0.05) is 21.7 Å². The van der Waals surface area contributed by atoms with Gasteiger partial charge < -0.3 is 4.18 Å². The molecule has 0 amide bonds. The smallest absolute Gasteiger partial charge is 0.0270 e. The number of hydrogen-bond acceptors (Lipinski definition) is 16. The van der Waals surface area contributed by atoms with E-state index in [0.717, 1.165) is 35.8 Å². The van der Waals surface area contributed by atoms with Crippen LogP contribution in [0.5, 0.6) is 11.5 Å². The SMILES string of the molecule is Cc1ccc(SOc2cc(S(=O)(=O)O)cc3c(S(=O)(=O)O)c(N=Nc4cc(S(=O)(=O)O)c5cc(S(=O)(=O)O)c(N=NC6=[CH][Tl]=[CH]CC6)c(O)c5c4N)ccc23)cc1. The Bertz CT molecular complexity index is 3100. The summed E-state index contributed by atoms with van der Waals surface area (Å²) in [6.45, 7) is 1.85. The van der Waals surface area contributed by atoms with Gasteiger partial charge in [-0.1, -0.05) is 17.7 Å². The quantitative estimate of drug-likeness (QED) is 0.0278. The molecule has 0 aliphatic carbocycles. The molecule has 1 aliphatic heterocycles. The molecule has 0 unspecified atom stereocenters. The van der Waals surface area contributed by atoms with E-state index in [4.69, 9.17) is 9.92 Å². The number of nitrogens with zero attached hydrogens (tertiary/aromatic N) is 4. The van der Waals surface area contributed by atoms with Gasteiger partial charge in [-0.05, 0) is 37.3 Å². The van der Waals surface area contributed by atoms with Gasteiger partial charge in [-0.2, -0.15) is 16.8 Å². The van der Waals surface area contributed by atoms with Crippen LogP contribution in [0, 0.1) is 6.92 Å². The van der Waals surface area contributed by atoms with E-state index in [1.807, 2.05) is 10.6 Å². The fourth-order valence-electron chi connectivity index (χ4n) is 5.59. The Labute approximate surface area is 340 Å². The monoisotopic (exact) mass is 1070 g/mol. The zero-order valence-electron chi connectivity index (χ0n) is 28.7. The van der Waals surface area contributed by atoms with E-state index < -0.39 is 128 Å². The Hall–Kier alpha value is -4.26. The Balaban J connectivity index is 1.57. The molecule has 0 fully saturated rings. The third-order valence-corrected chi connectivity index (χ3v) is 17.1. The van der Waals surface area contributed by atoms with Crippen LogP contribution in [-0.2, 0) is 40.5 Å². The number of anilines is 1. The second kappa shape index (κ2) is 15.8. The molecule has 0 atom stereocenters. The number of aromatic hydroxyl groups is 1. The minimum Gasteiger partial charge on any atom is -0.0581 e. The molecule has 1 heterocycles. The van der Waals surface area contributed by atoms with E-state index in [1.54, 1.807) is 24.3 Å². The van der Waals surface area contributed by atoms with Gasteiger partial charge >= 0.3 is 188 Å². The number of phenolic OH excluding ortho intramolecular Hbond substituents is 1. The van der Waals surface area contributed by atoms with Crippen molar-refractivity contribution in [3.63, 3.8) is 0 Å². The molecule has 5 aromatic rings. The van der Waals surface area contributed by atoms with Crippen LogP contribution in [0.25, 0.3) is 21.5 Å². The number of azo groups is 2. The molecule has 6 rings (SSSR count). The predicted molar refractivity (Wildman–Crippen MR) is 209 cm³/mol. The summed E-state index contributed by atoms with van der Waals surface area (Å²) in [4.78, 5) is -3.50. The molecule has 0 radical (unpaired) electrons. The average molecular weight is 1070 g/mol. The molecule has 0 aromatic heterocycles. The van der Waals surface area contributed by atoms with Crippen LogP contribution in [-0.4, -0.2) is 84.3 Å². The van der Waals surface area contributed by atoms with Gasteiger partial charge in [0.05, 0.1) is 16.9 Å². The molecule has 0 bridgehead atoms. The zero-order chi connectivity index (χ0) is 41.7. The van der Waals surface area contributed by atoms with Crippen LogP contribution in [0.1, 0.15) is 18.4 Å². The van der Waals surface area contributed by atoms with Crippen molar-refractivity contribution in [1.29, 1.82) is 0 Å². The summed E-state index contributed by atoms with van der Waals surface area (Å²) in [6, 6.07) is 12.0. The van der Waals surface area contributed by atoms with E-state index in [2.05, 4.69) is 24.0 Å². The topological polar surface area (TPSA) is 322 Å². The first kappa shape index (κ1) is 42.4. The van der Waals surface area contributed by atoms with Gasteiger partial charge in [0.25, 0.3) is 20.2 Å². The summed E-state index contributed by atoms with van der Waals surface area (Å²) in [5.74, 6) is -1.36. The maximum atomic E-state index is 12.9. The van der Waals surface area contributed by atoms with Crippen LogP contribution in [0.3, 0.4) is 0 Å². The summed E-state index contributed by atoms with van der Waals surface area (Å²) in [6.07, 6.45) is 1.15. The Morgan fingerprint density at radius 3 is 1.98 bits per heavy atom. The van der Waals surface area contributed by atoms with Gasteiger partial charge in [-0.15, -0.1) is 0 Å². The number of hydrogen-bond donors (Lipinski definition) is 6. The predicted octanol–water partition coefficient (Wildman–Crippen LogP) is 6.30. The summed E-state index contributed by atoms with van der Waals surface area (Å²) in [5.41, 5.74) is 4.89. The van der Waals surface area contributed by atoms with Crippen molar-refractivity contribution in [3.05, 3.63) is 75.6 Å². The molecule has 296 valence electrons. The van der Waals surface area contributed by atoms with Gasteiger partial charge in [-0.3, -0.25) is 9.11 Å². The van der Waals surface area contributed by atoms with Crippen LogP contribution in [0.15, 0.2) is 115 Å². The maximum Gasteiger partial charge on any atom is 0.0270 e. The largest absolute Gasteiger partial charge is 0.0581 e. The van der Waals surface area contributed by atoms with Gasteiger partial charge in [0.15, 0.2) is 0 Å². The number of nitrogens with two attached hydrogens (primary N) is 1. The van der Waals surface area contributed by atoms with E-state index in [-0.39, 0.29) is 11.1 Å². The number of phenols is 1. The normalized spacial score (nSPS) is 14.1. The number of nitrogen functional groups attached to an aromatic ring is 1. The number of aryl methyl sites for hydroxylation is 1. The fourth-order valence-corrected chi connectivity index (χ4v) is 12.5. The molecule has 1 aliphatic rings. The zero-order valence-corrected chi connectivity index (χ0v) is 37.3. The second-order valence-electron chi connectivity index (χ2n) is 12.1. The molecule has 19 nitrogen and oxygen atoms in total. The minimum atomic E-state index is -5.34. The van der Waals surface area contributed by atoms with Gasteiger partial charge in [0.1, 0.15) is 10.6 Å². The third kappa shape index (κ3) is 9.23. The van der Waals surface area contributed by atoms with E-state index >= 15 is 0 Å². The van der Waals surface area contributed by atoms with E-state index in [1.165, 1.54) is 6.07 Å². The molecule has 25 heteroatoms. The minimum absolute atomic E-state index is 0.0839. The summed E-state index contributed by atoms with van der Waals surface area (Å²) < 4.78 is 151. The molecule has 57 heavy (non-hydrogen) atoms. The number of benzene rings is 5. The summed E-state index contributed by atoms with van der Waals surface area (Å²) >= 11 is -0.596. The van der Waals surface area contributed by atoms with Crippen molar-refractivity contribution in [1.82, 2.24) is 0 Å². The first-order valence-corrected chi connectivity index (χ1v) is 27.5. The molecule has 0 saturated heterocycles. The summed E-state index contributed by atoms with van der Waals surface area (Å²) in [7, 11) is -20.9. The summed E-state index contributed by atoms with van der Waals surface area (Å²) in [5, 5.41) is 24.9. The van der Waals surface area contributed by atoms with Crippen molar-refractivity contribution in [3.8, 4) is 11.5 Å². The molecule has 0 saturated carbocycles. The number of rotatable bonds is 11. The molecule has 5 aromatic carbocycles. The Morgan fingerprint density at radius 2 is 1.39 bits per heavy atom. The van der Waals surface area contributed by atoms with Gasteiger partial charge in [0.2, 0.25) is 0 Å². The molecular formula is C32H26N5O14S5Tl. The first-order chi connectivity index (χ1) is 26.5. The maximum absolute atomic E-state index is 12.9. The van der Waals surface area contributed by atoms with Crippen molar-refractivity contribution in [2.75, 3.05) is 5.73 Å². The average Bonchev–Trinajstić information content (AvgIpc) is 3.11. The molecule has 0 spiro atoms.